The molecule has 5 heteroatoms. The highest BCUT2D eigenvalue weighted by molar-refractivity contribution is 9.10. The van der Waals surface area contributed by atoms with Gasteiger partial charge in [0.1, 0.15) is 0 Å². The molecule has 0 saturated heterocycles. The molecule has 0 aliphatic carbocycles. The Morgan fingerprint density at radius 3 is 2.90 bits per heavy atom. The first-order chi connectivity index (χ1) is 9.61. The Morgan fingerprint density at radius 1 is 1.35 bits per heavy atom. The molecule has 3 rings (SSSR count). The van der Waals surface area contributed by atoms with Gasteiger partial charge >= 0.3 is 5.97 Å². The van der Waals surface area contributed by atoms with Crippen LogP contribution in [0.3, 0.4) is 0 Å². The predicted molar refractivity (Wildman–Crippen MR) is 83.8 cm³/mol. The summed E-state index contributed by atoms with van der Waals surface area (Å²) in [6, 6.07) is 9.66. The minimum Gasteiger partial charge on any atom is -0.402 e. The number of nitrogens with zero attached hydrogens (tertiary/aromatic N) is 1. The van der Waals surface area contributed by atoms with Gasteiger partial charge < -0.3 is 4.74 Å². The number of rotatable bonds is 2. The van der Waals surface area contributed by atoms with Crippen molar-refractivity contribution in [1.29, 1.82) is 0 Å². The summed E-state index contributed by atoms with van der Waals surface area (Å²) in [5, 5.41) is 1.96. The van der Waals surface area contributed by atoms with E-state index in [1.54, 1.807) is 6.08 Å². The molecule has 1 aromatic carbocycles. The summed E-state index contributed by atoms with van der Waals surface area (Å²) < 4.78 is 6.22. The number of hydrogen-bond donors (Lipinski definition) is 0. The third-order valence-corrected chi connectivity index (χ3v) is 4.39. The molecular weight excluding hydrogens is 338 g/mol. The van der Waals surface area contributed by atoms with Gasteiger partial charge in [-0.25, -0.2) is 9.79 Å². The fraction of sp³-hybridized carbons (Fsp3) is 0.0667. The lowest BCUT2D eigenvalue weighted by Gasteiger charge is -1.99. The second kappa shape index (κ2) is 5.34. The summed E-state index contributed by atoms with van der Waals surface area (Å²) in [6.07, 6.45) is 1.74. The van der Waals surface area contributed by atoms with E-state index in [0.29, 0.717) is 11.6 Å². The van der Waals surface area contributed by atoms with Crippen LogP contribution in [0.1, 0.15) is 16.0 Å². The monoisotopic (exact) mass is 347 g/mol. The summed E-state index contributed by atoms with van der Waals surface area (Å²) in [6.45, 7) is 1.99. The number of esters is 1. The molecule has 0 amide bonds. The van der Waals surface area contributed by atoms with Gasteiger partial charge in [0.25, 0.3) is 0 Å². The van der Waals surface area contributed by atoms with Crippen LogP contribution in [-0.2, 0) is 9.53 Å². The topological polar surface area (TPSA) is 38.7 Å². The van der Waals surface area contributed by atoms with Gasteiger partial charge in [0.05, 0.1) is 0 Å². The molecule has 0 bridgehead atoms. The highest BCUT2D eigenvalue weighted by atomic mass is 79.9. The van der Waals surface area contributed by atoms with Crippen LogP contribution in [0.4, 0.5) is 0 Å². The molecule has 0 unspecified atom stereocenters. The number of aryl methyl sites for hydroxylation is 1. The lowest BCUT2D eigenvalue weighted by molar-refractivity contribution is -0.129. The molecule has 0 radical (unpaired) electrons. The Balaban J connectivity index is 1.94. The van der Waals surface area contributed by atoms with Crippen LogP contribution < -0.4 is 0 Å². The van der Waals surface area contributed by atoms with Crippen molar-refractivity contribution < 1.29 is 9.53 Å². The molecule has 2 aromatic rings. The second-order valence-electron chi connectivity index (χ2n) is 4.37. The zero-order valence-corrected chi connectivity index (χ0v) is 13.0. The number of benzene rings is 1. The highest BCUT2D eigenvalue weighted by Gasteiger charge is 2.24. The molecule has 2 heterocycles. The van der Waals surface area contributed by atoms with E-state index in [4.69, 9.17) is 4.74 Å². The molecule has 0 atom stereocenters. The number of ether oxygens (including phenoxy) is 1. The smallest absolute Gasteiger partial charge is 0.363 e. The van der Waals surface area contributed by atoms with E-state index in [1.165, 1.54) is 11.3 Å². The van der Waals surface area contributed by atoms with E-state index in [2.05, 4.69) is 20.9 Å². The van der Waals surface area contributed by atoms with Crippen molar-refractivity contribution >= 4 is 45.2 Å². The van der Waals surface area contributed by atoms with Gasteiger partial charge in [-0.15, -0.1) is 11.3 Å². The summed E-state index contributed by atoms with van der Waals surface area (Å²) in [5.41, 5.74) is 2.24. The van der Waals surface area contributed by atoms with E-state index in [0.717, 1.165) is 20.5 Å². The van der Waals surface area contributed by atoms with Gasteiger partial charge in [-0.2, -0.15) is 0 Å². The van der Waals surface area contributed by atoms with Crippen molar-refractivity contribution in [3.63, 3.8) is 0 Å². The maximum Gasteiger partial charge on any atom is 0.363 e. The lowest BCUT2D eigenvalue weighted by Crippen LogP contribution is -2.05. The molecule has 0 fully saturated rings. The van der Waals surface area contributed by atoms with E-state index in [1.807, 2.05) is 42.6 Å². The van der Waals surface area contributed by atoms with E-state index >= 15 is 0 Å². The fourth-order valence-electron chi connectivity index (χ4n) is 1.85. The standard InChI is InChI=1S/C15H10BrNO2S/c1-9-3-2-4-10(5-9)14-17-13(15(18)19-14)7-12-6-11(16)8-20-12/h2-8H,1H3. The first-order valence-electron chi connectivity index (χ1n) is 5.95. The van der Waals surface area contributed by atoms with Gasteiger partial charge in [-0.05, 0) is 47.1 Å². The third-order valence-electron chi connectivity index (χ3n) is 2.75. The first-order valence-corrected chi connectivity index (χ1v) is 7.63. The molecular formula is C15H10BrNO2S. The van der Waals surface area contributed by atoms with Crippen LogP contribution in [-0.4, -0.2) is 11.9 Å². The van der Waals surface area contributed by atoms with Crippen molar-refractivity contribution in [3.8, 4) is 0 Å². The average Bonchev–Trinajstić information content (AvgIpc) is 2.97. The molecule has 20 heavy (non-hydrogen) atoms. The minimum atomic E-state index is -0.411. The van der Waals surface area contributed by atoms with Gasteiger partial charge in [0.2, 0.25) is 5.90 Å². The van der Waals surface area contributed by atoms with Crippen molar-refractivity contribution in [3.05, 3.63) is 61.9 Å². The van der Waals surface area contributed by atoms with Gasteiger partial charge in [-0.3, -0.25) is 0 Å². The fourth-order valence-corrected chi connectivity index (χ4v) is 3.22. The van der Waals surface area contributed by atoms with Crippen LogP contribution in [0.25, 0.3) is 6.08 Å². The summed E-state index contributed by atoms with van der Waals surface area (Å²) in [7, 11) is 0. The molecule has 0 N–H and O–H groups in total. The summed E-state index contributed by atoms with van der Waals surface area (Å²) in [5.74, 6) is -0.0494. The molecule has 1 aliphatic heterocycles. The number of cyclic esters (lactones) is 1. The van der Waals surface area contributed by atoms with Gasteiger partial charge in [0.15, 0.2) is 5.70 Å². The maximum atomic E-state index is 11.8. The predicted octanol–water partition coefficient (Wildman–Crippen LogP) is 4.16. The SMILES string of the molecule is Cc1cccc(C2=NC(=Cc3cc(Br)cs3)C(=O)O2)c1. The van der Waals surface area contributed by atoms with E-state index < -0.39 is 5.97 Å². The van der Waals surface area contributed by atoms with Crippen LogP contribution in [0.15, 0.2) is 50.9 Å². The minimum absolute atomic E-state index is 0.329. The van der Waals surface area contributed by atoms with Crippen LogP contribution in [0.2, 0.25) is 0 Å². The van der Waals surface area contributed by atoms with Crippen molar-refractivity contribution in [2.24, 2.45) is 4.99 Å². The molecule has 100 valence electrons. The summed E-state index contributed by atoms with van der Waals surface area (Å²) in [4.78, 5) is 17.1. The van der Waals surface area contributed by atoms with Crippen LogP contribution in [0.5, 0.6) is 0 Å². The van der Waals surface area contributed by atoms with Gasteiger partial charge in [-0.1, -0.05) is 17.7 Å². The molecule has 1 aliphatic rings. The van der Waals surface area contributed by atoms with Crippen LogP contribution in [0, 0.1) is 6.92 Å². The normalized spacial score (nSPS) is 16.4. The number of hydrogen-bond acceptors (Lipinski definition) is 4. The van der Waals surface area contributed by atoms with Crippen molar-refractivity contribution in [1.82, 2.24) is 0 Å². The zero-order chi connectivity index (χ0) is 14.1. The average molecular weight is 348 g/mol. The third kappa shape index (κ3) is 2.73. The Labute approximate surface area is 128 Å². The number of halogens is 1. The summed E-state index contributed by atoms with van der Waals surface area (Å²) >= 11 is 4.92. The zero-order valence-electron chi connectivity index (χ0n) is 10.6. The maximum absolute atomic E-state index is 11.8. The number of aliphatic imine (C=N–C) groups is 1. The Hall–Kier alpha value is -1.72. The Bertz CT molecular complexity index is 746. The Kier molecular flexibility index (Phi) is 3.54. The van der Waals surface area contributed by atoms with E-state index in [-0.39, 0.29) is 0 Å². The second-order valence-corrected chi connectivity index (χ2v) is 6.23. The Morgan fingerprint density at radius 2 is 2.20 bits per heavy atom. The quantitative estimate of drug-likeness (QED) is 0.604. The van der Waals surface area contributed by atoms with Crippen molar-refractivity contribution in [2.45, 2.75) is 6.92 Å². The molecule has 0 spiro atoms. The molecule has 3 nitrogen and oxygen atoms in total. The largest absolute Gasteiger partial charge is 0.402 e. The van der Waals surface area contributed by atoms with Crippen LogP contribution >= 0.6 is 27.3 Å². The number of thiophene rings is 1. The van der Waals surface area contributed by atoms with Gasteiger partial charge in [0, 0.05) is 20.3 Å². The molecule has 1 aromatic heterocycles. The van der Waals surface area contributed by atoms with Crippen molar-refractivity contribution in [2.75, 3.05) is 0 Å². The highest BCUT2D eigenvalue weighted by Crippen LogP contribution is 2.25. The lowest BCUT2D eigenvalue weighted by atomic mass is 10.1. The molecule has 0 saturated carbocycles. The number of carbonyl (C=O) groups excluding carboxylic acids is 1. The first kappa shape index (κ1) is 13.3. The van der Waals surface area contributed by atoms with E-state index in [9.17, 15) is 4.79 Å². The number of carbonyl (C=O) groups is 1.